The Kier molecular flexibility index (Phi) is 37.5. The maximum Gasteiger partial charge on any atom is 0.219 e. The third-order valence-electron chi connectivity index (χ3n) is 9.02. The van der Waals surface area contributed by atoms with Gasteiger partial charge in [-0.3, -0.25) is 4.79 Å². The molecule has 0 aromatic carbocycles. The Bertz CT molecular complexity index is 528. The largest absolute Gasteiger partial charge is 0.356 e. The second-order valence-corrected chi connectivity index (χ2v) is 13.4. The van der Waals surface area contributed by atoms with Gasteiger partial charge in [0.1, 0.15) is 0 Å². The van der Waals surface area contributed by atoms with Gasteiger partial charge in [-0.05, 0) is 38.5 Å². The zero-order valence-corrected chi connectivity index (χ0v) is 29.3. The molecule has 2 heteroatoms. The molecule has 0 unspecified atom stereocenters. The van der Waals surface area contributed by atoms with Gasteiger partial charge in [0.2, 0.25) is 5.91 Å². The molecule has 0 aliphatic carbocycles. The first-order chi connectivity index (χ1) is 20.8. The first-order valence-corrected chi connectivity index (χ1v) is 19.7. The summed E-state index contributed by atoms with van der Waals surface area (Å²) < 4.78 is 0. The van der Waals surface area contributed by atoms with E-state index >= 15 is 0 Å². The van der Waals surface area contributed by atoms with Gasteiger partial charge in [-0.25, -0.2) is 0 Å². The highest BCUT2D eigenvalue weighted by molar-refractivity contribution is 5.75. The molecule has 0 rings (SSSR count). The number of unbranched alkanes of at least 4 members (excludes halogenated alkanes) is 30. The van der Waals surface area contributed by atoms with E-state index < -0.39 is 0 Å². The number of hydrogen-bond donors (Lipinski definition) is 1. The zero-order valence-electron chi connectivity index (χ0n) is 29.3. The van der Waals surface area contributed by atoms with Gasteiger partial charge in [0.05, 0.1) is 0 Å². The van der Waals surface area contributed by atoms with E-state index in [2.05, 4.69) is 31.3 Å². The van der Waals surface area contributed by atoms with Crippen LogP contribution in [0.3, 0.4) is 0 Å². The molecule has 0 aliphatic heterocycles. The van der Waals surface area contributed by atoms with Crippen LogP contribution in [0.25, 0.3) is 0 Å². The smallest absolute Gasteiger partial charge is 0.219 e. The SMILES string of the molecule is CCCCCCCCC=CCCCCCCCCCCCC(=O)NCCCCCCCCCCCCCCCCCC. The predicted octanol–water partition coefficient (Wildman–Crippen LogP) is 14.0. The Hall–Kier alpha value is -0.790. The van der Waals surface area contributed by atoms with Crippen LogP contribution in [0.1, 0.15) is 232 Å². The number of carbonyl (C=O) groups excluding carboxylic acids is 1. The third kappa shape index (κ3) is 37.2. The Morgan fingerprint density at radius 2 is 0.667 bits per heavy atom. The molecule has 0 spiro atoms. The Morgan fingerprint density at radius 1 is 0.381 bits per heavy atom. The number of carbonyl (C=O) groups is 1. The lowest BCUT2D eigenvalue weighted by atomic mass is 10.0. The lowest BCUT2D eigenvalue weighted by Crippen LogP contribution is -2.23. The van der Waals surface area contributed by atoms with Crippen LogP contribution in [0.2, 0.25) is 0 Å². The van der Waals surface area contributed by atoms with E-state index in [9.17, 15) is 4.79 Å². The van der Waals surface area contributed by atoms with Crippen LogP contribution in [0.4, 0.5) is 0 Å². The summed E-state index contributed by atoms with van der Waals surface area (Å²) in [4.78, 5) is 12.1. The van der Waals surface area contributed by atoms with Crippen LogP contribution in [-0.2, 0) is 4.79 Å². The van der Waals surface area contributed by atoms with Crippen molar-refractivity contribution >= 4 is 5.91 Å². The van der Waals surface area contributed by atoms with Crippen LogP contribution in [0, 0.1) is 0 Å². The molecule has 0 saturated carbocycles. The number of allylic oxidation sites excluding steroid dienone is 2. The molecule has 0 aromatic heterocycles. The quantitative estimate of drug-likeness (QED) is 0.0571. The van der Waals surface area contributed by atoms with E-state index in [4.69, 9.17) is 0 Å². The second-order valence-electron chi connectivity index (χ2n) is 13.4. The van der Waals surface area contributed by atoms with Gasteiger partial charge in [-0.2, -0.15) is 0 Å². The molecule has 0 bridgehead atoms. The molecule has 0 radical (unpaired) electrons. The molecule has 0 aliphatic rings. The topological polar surface area (TPSA) is 29.1 Å². The summed E-state index contributed by atoms with van der Waals surface area (Å²) in [7, 11) is 0. The summed E-state index contributed by atoms with van der Waals surface area (Å²) in [5.41, 5.74) is 0. The molecule has 1 amide bonds. The maximum atomic E-state index is 12.1. The molecule has 1 N–H and O–H groups in total. The van der Waals surface area contributed by atoms with E-state index in [1.807, 2.05) is 0 Å². The van der Waals surface area contributed by atoms with Crippen LogP contribution < -0.4 is 5.32 Å². The fourth-order valence-corrected chi connectivity index (χ4v) is 6.05. The van der Waals surface area contributed by atoms with Gasteiger partial charge in [0, 0.05) is 13.0 Å². The highest BCUT2D eigenvalue weighted by atomic mass is 16.1. The molecule has 0 saturated heterocycles. The first-order valence-electron chi connectivity index (χ1n) is 19.7. The average molecular weight is 590 g/mol. The lowest BCUT2D eigenvalue weighted by molar-refractivity contribution is -0.121. The van der Waals surface area contributed by atoms with E-state index in [1.54, 1.807) is 0 Å². The van der Waals surface area contributed by atoms with Crippen molar-refractivity contribution in [3.05, 3.63) is 12.2 Å². The van der Waals surface area contributed by atoms with Crippen molar-refractivity contribution in [1.29, 1.82) is 0 Å². The van der Waals surface area contributed by atoms with Crippen molar-refractivity contribution in [2.45, 2.75) is 232 Å². The van der Waals surface area contributed by atoms with Crippen LogP contribution in [0.15, 0.2) is 12.2 Å². The highest BCUT2D eigenvalue weighted by Gasteiger charge is 2.01. The molecule has 0 atom stereocenters. The van der Waals surface area contributed by atoms with Crippen LogP contribution in [0.5, 0.6) is 0 Å². The monoisotopic (exact) mass is 590 g/mol. The standard InChI is InChI=1S/C40H79NO/c1-3-5-7-9-11-13-15-17-19-21-22-23-24-26-28-30-32-34-36-38-40(42)41-39-37-35-33-31-29-27-25-20-18-16-14-12-10-8-6-4-2/h17,19H,3-16,18,20-39H2,1-2H3,(H,41,42). The van der Waals surface area contributed by atoms with Crippen molar-refractivity contribution in [3.8, 4) is 0 Å². The van der Waals surface area contributed by atoms with Crippen molar-refractivity contribution in [3.63, 3.8) is 0 Å². The van der Waals surface area contributed by atoms with Crippen molar-refractivity contribution in [2.24, 2.45) is 0 Å². The number of nitrogens with one attached hydrogen (secondary N) is 1. The van der Waals surface area contributed by atoms with Gasteiger partial charge in [-0.15, -0.1) is 0 Å². The van der Waals surface area contributed by atoms with Gasteiger partial charge < -0.3 is 5.32 Å². The number of amides is 1. The lowest BCUT2D eigenvalue weighted by Gasteiger charge is -2.06. The molecular formula is C40H79NO. The van der Waals surface area contributed by atoms with E-state index in [0.717, 1.165) is 25.8 Å². The molecule has 0 aromatic rings. The van der Waals surface area contributed by atoms with Crippen LogP contribution in [-0.4, -0.2) is 12.5 Å². The molecule has 250 valence electrons. The summed E-state index contributed by atoms with van der Waals surface area (Å²) in [6.45, 7) is 5.46. The first kappa shape index (κ1) is 41.2. The summed E-state index contributed by atoms with van der Waals surface area (Å²) >= 11 is 0. The van der Waals surface area contributed by atoms with Crippen molar-refractivity contribution < 1.29 is 4.79 Å². The van der Waals surface area contributed by atoms with Crippen molar-refractivity contribution in [2.75, 3.05) is 6.54 Å². The minimum atomic E-state index is 0.275. The van der Waals surface area contributed by atoms with Gasteiger partial charge in [0.15, 0.2) is 0 Å². The summed E-state index contributed by atoms with van der Waals surface area (Å²) in [6.07, 6.45) is 50.7. The molecule has 2 nitrogen and oxygen atoms in total. The summed E-state index contributed by atoms with van der Waals surface area (Å²) in [6, 6.07) is 0. The molecule has 0 heterocycles. The minimum absolute atomic E-state index is 0.275. The zero-order chi connectivity index (χ0) is 30.4. The fourth-order valence-electron chi connectivity index (χ4n) is 6.05. The normalized spacial score (nSPS) is 11.6. The Balaban J connectivity index is 3.18. The summed E-state index contributed by atoms with van der Waals surface area (Å²) in [5.74, 6) is 0.275. The van der Waals surface area contributed by atoms with Gasteiger partial charge in [0.25, 0.3) is 0 Å². The van der Waals surface area contributed by atoms with E-state index in [0.29, 0.717) is 0 Å². The average Bonchev–Trinajstić information content (AvgIpc) is 3.00. The minimum Gasteiger partial charge on any atom is -0.356 e. The maximum absolute atomic E-state index is 12.1. The fraction of sp³-hybridized carbons (Fsp3) is 0.925. The van der Waals surface area contributed by atoms with Gasteiger partial charge in [-0.1, -0.05) is 199 Å². The van der Waals surface area contributed by atoms with E-state index in [-0.39, 0.29) is 5.91 Å². The van der Waals surface area contributed by atoms with Crippen molar-refractivity contribution in [1.82, 2.24) is 5.32 Å². The third-order valence-corrected chi connectivity index (χ3v) is 9.02. The summed E-state index contributed by atoms with van der Waals surface area (Å²) in [5, 5.41) is 3.15. The van der Waals surface area contributed by atoms with Crippen LogP contribution >= 0.6 is 0 Å². The molecule has 0 fully saturated rings. The number of rotatable bonds is 36. The Morgan fingerprint density at radius 3 is 1.02 bits per heavy atom. The Labute approximate surface area is 266 Å². The second kappa shape index (κ2) is 38.2. The molecular weight excluding hydrogens is 510 g/mol. The predicted molar refractivity (Wildman–Crippen MR) is 190 cm³/mol. The van der Waals surface area contributed by atoms with Gasteiger partial charge >= 0.3 is 0 Å². The number of hydrogen-bond acceptors (Lipinski definition) is 1. The van der Waals surface area contributed by atoms with E-state index in [1.165, 1.54) is 199 Å². The molecule has 42 heavy (non-hydrogen) atoms. The highest BCUT2D eigenvalue weighted by Crippen LogP contribution is 2.15.